The Morgan fingerprint density at radius 1 is 1.24 bits per heavy atom. The van der Waals surface area contributed by atoms with Crippen molar-refractivity contribution in [2.24, 2.45) is 0 Å². The monoisotopic (exact) mass is 263 g/mol. The first-order valence-corrected chi connectivity index (χ1v) is 7.30. The molecule has 1 aliphatic heterocycles. The maximum absolute atomic E-state index is 11.9. The van der Waals surface area contributed by atoms with Gasteiger partial charge < -0.3 is 5.32 Å². The van der Waals surface area contributed by atoms with Crippen molar-refractivity contribution in [2.45, 2.75) is 19.1 Å². The molecular weight excluding hydrogens is 242 g/mol. The van der Waals surface area contributed by atoms with Crippen molar-refractivity contribution in [3.63, 3.8) is 0 Å². The standard InChI is InChI=1S/C10H21N3O3S/c1-9(2)17(15,16)13-6-4-12(5-7-13)8-10(14)11-3/h9H,4-8H2,1-3H3,(H,11,14). The first kappa shape index (κ1) is 14.4. The Hall–Kier alpha value is -0.660. The summed E-state index contributed by atoms with van der Waals surface area (Å²) in [6, 6.07) is 0. The molecule has 1 fully saturated rings. The van der Waals surface area contributed by atoms with E-state index in [1.807, 2.05) is 4.90 Å². The number of piperazine rings is 1. The number of hydrogen-bond donors (Lipinski definition) is 1. The van der Waals surface area contributed by atoms with Crippen molar-refractivity contribution in [3.8, 4) is 0 Å². The van der Waals surface area contributed by atoms with Gasteiger partial charge >= 0.3 is 0 Å². The van der Waals surface area contributed by atoms with Crippen LogP contribution in [0.2, 0.25) is 0 Å². The summed E-state index contributed by atoms with van der Waals surface area (Å²) < 4.78 is 25.3. The highest BCUT2D eigenvalue weighted by Gasteiger charge is 2.29. The van der Waals surface area contributed by atoms with E-state index in [-0.39, 0.29) is 11.2 Å². The molecule has 100 valence electrons. The highest BCUT2D eigenvalue weighted by molar-refractivity contribution is 7.89. The van der Waals surface area contributed by atoms with Gasteiger partial charge in [0.05, 0.1) is 11.8 Å². The van der Waals surface area contributed by atoms with Crippen LogP contribution in [0.1, 0.15) is 13.8 Å². The van der Waals surface area contributed by atoms with Gasteiger partial charge in [-0.3, -0.25) is 9.69 Å². The third-order valence-corrected chi connectivity index (χ3v) is 5.21. The van der Waals surface area contributed by atoms with Crippen molar-refractivity contribution in [1.29, 1.82) is 0 Å². The maximum Gasteiger partial charge on any atom is 0.233 e. The molecule has 0 aromatic carbocycles. The van der Waals surface area contributed by atoms with Crippen LogP contribution >= 0.6 is 0 Å². The van der Waals surface area contributed by atoms with Crippen molar-refractivity contribution >= 4 is 15.9 Å². The molecule has 0 aromatic rings. The van der Waals surface area contributed by atoms with Gasteiger partial charge in [-0.1, -0.05) is 0 Å². The van der Waals surface area contributed by atoms with Crippen LogP contribution in [0.15, 0.2) is 0 Å². The van der Waals surface area contributed by atoms with Gasteiger partial charge in [-0.15, -0.1) is 0 Å². The van der Waals surface area contributed by atoms with E-state index in [2.05, 4.69) is 5.32 Å². The van der Waals surface area contributed by atoms with Gasteiger partial charge in [0.25, 0.3) is 0 Å². The molecule has 1 saturated heterocycles. The zero-order valence-corrected chi connectivity index (χ0v) is 11.5. The third kappa shape index (κ3) is 3.65. The minimum atomic E-state index is -3.15. The lowest BCUT2D eigenvalue weighted by Crippen LogP contribution is -2.52. The second-order valence-electron chi connectivity index (χ2n) is 4.44. The second-order valence-corrected chi connectivity index (χ2v) is 6.93. The highest BCUT2D eigenvalue weighted by atomic mass is 32.2. The lowest BCUT2D eigenvalue weighted by molar-refractivity contribution is -0.122. The summed E-state index contributed by atoms with van der Waals surface area (Å²) in [5.41, 5.74) is 0. The zero-order valence-electron chi connectivity index (χ0n) is 10.6. The largest absolute Gasteiger partial charge is 0.358 e. The quantitative estimate of drug-likeness (QED) is 0.713. The topological polar surface area (TPSA) is 69.7 Å². The Kier molecular flexibility index (Phi) is 4.91. The number of nitrogens with one attached hydrogen (secondary N) is 1. The lowest BCUT2D eigenvalue weighted by atomic mass is 10.3. The molecule has 6 nitrogen and oxygen atoms in total. The van der Waals surface area contributed by atoms with E-state index >= 15 is 0 Å². The lowest BCUT2D eigenvalue weighted by Gasteiger charge is -2.34. The number of sulfonamides is 1. The highest BCUT2D eigenvalue weighted by Crippen LogP contribution is 2.11. The summed E-state index contributed by atoms with van der Waals surface area (Å²) in [6.45, 7) is 5.87. The van der Waals surface area contributed by atoms with Gasteiger partial charge in [0, 0.05) is 33.2 Å². The molecular formula is C10H21N3O3S. The van der Waals surface area contributed by atoms with E-state index in [1.54, 1.807) is 20.9 Å². The molecule has 0 aliphatic carbocycles. The van der Waals surface area contributed by atoms with Gasteiger partial charge in [-0.25, -0.2) is 8.42 Å². The Morgan fingerprint density at radius 2 is 1.76 bits per heavy atom. The fraction of sp³-hybridized carbons (Fsp3) is 0.900. The molecule has 0 spiro atoms. The Bertz CT molecular complexity index is 359. The van der Waals surface area contributed by atoms with E-state index in [0.29, 0.717) is 32.7 Å². The molecule has 0 radical (unpaired) electrons. The van der Waals surface area contributed by atoms with Gasteiger partial charge in [-0.2, -0.15) is 4.31 Å². The van der Waals surface area contributed by atoms with Gasteiger partial charge in [0.15, 0.2) is 0 Å². The minimum Gasteiger partial charge on any atom is -0.358 e. The number of hydrogen-bond acceptors (Lipinski definition) is 4. The van der Waals surface area contributed by atoms with Crippen LogP contribution in [0.3, 0.4) is 0 Å². The van der Waals surface area contributed by atoms with E-state index in [9.17, 15) is 13.2 Å². The number of rotatable bonds is 4. The molecule has 1 heterocycles. The first-order valence-electron chi connectivity index (χ1n) is 5.80. The fourth-order valence-corrected chi connectivity index (χ4v) is 2.99. The van der Waals surface area contributed by atoms with Crippen LogP contribution in [0, 0.1) is 0 Å². The molecule has 1 amide bonds. The maximum atomic E-state index is 11.9. The smallest absolute Gasteiger partial charge is 0.233 e. The van der Waals surface area contributed by atoms with Crippen molar-refractivity contribution in [1.82, 2.24) is 14.5 Å². The van der Waals surface area contributed by atoms with E-state index in [4.69, 9.17) is 0 Å². The summed E-state index contributed by atoms with van der Waals surface area (Å²) in [7, 11) is -1.55. The number of nitrogens with zero attached hydrogens (tertiary/aromatic N) is 2. The van der Waals surface area contributed by atoms with Crippen molar-refractivity contribution < 1.29 is 13.2 Å². The van der Waals surface area contributed by atoms with Crippen molar-refractivity contribution in [3.05, 3.63) is 0 Å². The van der Waals surface area contributed by atoms with Crippen LogP contribution in [-0.2, 0) is 14.8 Å². The minimum absolute atomic E-state index is 0.0369. The van der Waals surface area contributed by atoms with E-state index < -0.39 is 10.0 Å². The Balaban J connectivity index is 2.49. The van der Waals surface area contributed by atoms with Gasteiger partial charge in [0.1, 0.15) is 0 Å². The van der Waals surface area contributed by atoms with Crippen LogP contribution in [0.25, 0.3) is 0 Å². The molecule has 0 saturated carbocycles. The molecule has 1 rings (SSSR count). The number of amides is 1. The van der Waals surface area contributed by atoms with Crippen LogP contribution in [0.5, 0.6) is 0 Å². The normalized spacial score (nSPS) is 19.5. The molecule has 1 N–H and O–H groups in total. The summed E-state index contributed by atoms with van der Waals surface area (Å²) in [6.07, 6.45) is 0. The summed E-state index contributed by atoms with van der Waals surface area (Å²) >= 11 is 0. The zero-order chi connectivity index (χ0) is 13.1. The summed E-state index contributed by atoms with van der Waals surface area (Å²) in [5, 5.41) is 2.18. The Labute approximate surface area is 103 Å². The molecule has 17 heavy (non-hydrogen) atoms. The van der Waals surface area contributed by atoms with Gasteiger partial charge in [-0.05, 0) is 13.8 Å². The Morgan fingerprint density at radius 3 is 2.18 bits per heavy atom. The SMILES string of the molecule is CNC(=O)CN1CCN(S(=O)(=O)C(C)C)CC1. The third-order valence-electron chi connectivity index (χ3n) is 2.93. The first-order chi connectivity index (χ1) is 7.87. The number of likely N-dealkylation sites (N-methyl/N-ethyl adjacent to an activating group) is 1. The molecule has 7 heteroatoms. The van der Waals surface area contributed by atoms with Crippen LogP contribution in [-0.4, -0.2) is 68.6 Å². The van der Waals surface area contributed by atoms with Crippen LogP contribution in [0.4, 0.5) is 0 Å². The summed E-state index contributed by atoms with van der Waals surface area (Å²) in [4.78, 5) is 13.1. The average molecular weight is 263 g/mol. The second kappa shape index (κ2) is 5.79. The predicted octanol–water partition coefficient (Wildman–Crippen LogP) is -0.912. The summed E-state index contributed by atoms with van der Waals surface area (Å²) in [5.74, 6) is -0.0369. The molecule has 0 bridgehead atoms. The van der Waals surface area contributed by atoms with Crippen molar-refractivity contribution in [2.75, 3.05) is 39.8 Å². The fourth-order valence-electron chi connectivity index (χ4n) is 1.72. The molecule has 0 aromatic heterocycles. The van der Waals surface area contributed by atoms with Gasteiger partial charge in [0.2, 0.25) is 15.9 Å². The van der Waals surface area contributed by atoms with Crippen LogP contribution < -0.4 is 5.32 Å². The number of carbonyl (C=O) groups excluding carboxylic acids is 1. The van der Waals surface area contributed by atoms with E-state index in [1.165, 1.54) is 4.31 Å². The predicted molar refractivity (Wildman–Crippen MR) is 66.1 cm³/mol. The van der Waals surface area contributed by atoms with E-state index in [0.717, 1.165) is 0 Å². The average Bonchev–Trinajstić information content (AvgIpc) is 2.29. The molecule has 1 aliphatic rings. The molecule has 0 atom stereocenters. The number of carbonyl (C=O) groups is 1. The molecule has 0 unspecified atom stereocenters.